The van der Waals surface area contributed by atoms with E-state index in [0.29, 0.717) is 16.6 Å². The Bertz CT molecular complexity index is 968. The molecule has 3 aromatic rings. The third kappa shape index (κ3) is 3.51. The molecule has 7 nitrogen and oxygen atoms in total. The minimum atomic E-state index is -2.77. The minimum Gasteiger partial charge on any atom is -0.391 e. The van der Waals surface area contributed by atoms with Gasteiger partial charge < -0.3 is 4.84 Å². The molecule has 0 saturated heterocycles. The van der Waals surface area contributed by atoms with E-state index in [1.54, 1.807) is 24.3 Å². The second kappa shape index (κ2) is 7.26. The summed E-state index contributed by atoms with van der Waals surface area (Å²) in [5.41, 5.74) is 1.58. The van der Waals surface area contributed by atoms with E-state index in [0.717, 1.165) is 4.57 Å². The molecular weight excluding hydrogens is 346 g/mol. The van der Waals surface area contributed by atoms with Gasteiger partial charge in [-0.2, -0.15) is 8.78 Å². The van der Waals surface area contributed by atoms with Gasteiger partial charge in [-0.3, -0.25) is 14.7 Å². The van der Waals surface area contributed by atoms with Crippen LogP contribution in [0, 0.1) is 10.1 Å². The molecule has 0 bridgehead atoms. The van der Waals surface area contributed by atoms with Crippen molar-refractivity contribution in [2.75, 3.05) is 0 Å². The Morgan fingerprint density at radius 3 is 2.62 bits per heavy atom. The van der Waals surface area contributed by atoms with Gasteiger partial charge in [-0.25, -0.2) is 4.98 Å². The van der Waals surface area contributed by atoms with Crippen LogP contribution in [-0.2, 0) is 11.4 Å². The normalized spacial score (nSPS) is 11.9. The van der Waals surface area contributed by atoms with Gasteiger partial charge in [0.1, 0.15) is 12.3 Å². The highest BCUT2D eigenvalue weighted by atomic mass is 19.3. The molecule has 1 aromatic heterocycles. The minimum absolute atomic E-state index is 0.0184. The summed E-state index contributed by atoms with van der Waals surface area (Å²) in [6.45, 7) is -1.20. The Morgan fingerprint density at radius 1 is 1.27 bits per heavy atom. The highest BCUT2D eigenvalue weighted by molar-refractivity contribution is 5.98. The monoisotopic (exact) mass is 360 g/mol. The number of hydrogen-bond donors (Lipinski definition) is 0. The molecule has 0 atom stereocenters. The first-order valence-electron chi connectivity index (χ1n) is 7.62. The van der Waals surface area contributed by atoms with Crippen molar-refractivity contribution in [1.82, 2.24) is 9.55 Å². The molecule has 0 unspecified atom stereocenters. The zero-order valence-corrected chi connectivity index (χ0v) is 13.7. The molecule has 9 heteroatoms. The van der Waals surface area contributed by atoms with Gasteiger partial charge in [0.25, 0.3) is 5.69 Å². The topological polar surface area (TPSA) is 82.6 Å². The second-order valence-corrected chi connectivity index (χ2v) is 5.45. The standard InChI is InChI=1S/C17H14F2N4O3/c1-11(21-26-10-12-6-8-13(9-7-12)23(24)25)16-20-14-4-2-3-5-15(14)22(16)17(18)19/h2-9,17H,10H2,1H3. The van der Waals surface area contributed by atoms with Crippen LogP contribution in [0.1, 0.15) is 24.9 Å². The van der Waals surface area contributed by atoms with Crippen LogP contribution >= 0.6 is 0 Å². The number of imidazole rings is 1. The van der Waals surface area contributed by atoms with Gasteiger partial charge in [-0.15, -0.1) is 0 Å². The number of hydrogen-bond acceptors (Lipinski definition) is 5. The van der Waals surface area contributed by atoms with Crippen molar-refractivity contribution in [3.8, 4) is 0 Å². The lowest BCUT2D eigenvalue weighted by atomic mass is 10.2. The van der Waals surface area contributed by atoms with E-state index in [1.165, 1.54) is 31.2 Å². The first kappa shape index (κ1) is 17.5. The Morgan fingerprint density at radius 2 is 1.96 bits per heavy atom. The van der Waals surface area contributed by atoms with E-state index in [1.807, 2.05) is 0 Å². The summed E-state index contributed by atoms with van der Waals surface area (Å²) in [7, 11) is 0. The first-order valence-corrected chi connectivity index (χ1v) is 7.62. The van der Waals surface area contributed by atoms with E-state index >= 15 is 0 Å². The number of nitro benzene ring substituents is 1. The fourth-order valence-electron chi connectivity index (χ4n) is 2.46. The fourth-order valence-corrected chi connectivity index (χ4v) is 2.46. The predicted octanol–water partition coefficient (Wildman–Crippen LogP) is 4.28. The maximum atomic E-state index is 13.4. The number of oxime groups is 1. The summed E-state index contributed by atoms with van der Waals surface area (Å²) >= 11 is 0. The van der Waals surface area contributed by atoms with Crippen molar-refractivity contribution in [2.45, 2.75) is 20.1 Å². The molecule has 0 fully saturated rings. The Kier molecular flexibility index (Phi) is 4.87. The molecule has 2 aromatic carbocycles. The first-order chi connectivity index (χ1) is 12.5. The van der Waals surface area contributed by atoms with Crippen molar-refractivity contribution < 1.29 is 18.5 Å². The molecule has 3 rings (SSSR count). The van der Waals surface area contributed by atoms with E-state index in [-0.39, 0.29) is 23.8 Å². The number of nitrogens with zero attached hydrogens (tertiary/aromatic N) is 4. The van der Waals surface area contributed by atoms with E-state index in [4.69, 9.17) is 4.84 Å². The largest absolute Gasteiger partial charge is 0.391 e. The quantitative estimate of drug-likeness (QED) is 0.373. The Hall–Kier alpha value is -3.36. The maximum absolute atomic E-state index is 13.4. The Balaban J connectivity index is 1.78. The van der Waals surface area contributed by atoms with E-state index in [2.05, 4.69) is 10.1 Å². The number of non-ortho nitro benzene ring substituents is 1. The second-order valence-electron chi connectivity index (χ2n) is 5.45. The van der Waals surface area contributed by atoms with Crippen molar-refractivity contribution in [2.24, 2.45) is 5.16 Å². The molecular formula is C17H14F2N4O3. The smallest absolute Gasteiger partial charge is 0.320 e. The average Bonchev–Trinajstić information content (AvgIpc) is 3.02. The molecule has 0 radical (unpaired) electrons. The van der Waals surface area contributed by atoms with Crippen LogP contribution in [-0.4, -0.2) is 20.2 Å². The lowest BCUT2D eigenvalue weighted by Crippen LogP contribution is -2.10. The van der Waals surface area contributed by atoms with Crippen LogP contribution in [0.15, 0.2) is 53.7 Å². The summed E-state index contributed by atoms with van der Waals surface area (Å²) in [6.07, 6.45) is 0. The number of rotatable bonds is 6. The van der Waals surface area contributed by atoms with Crippen LogP contribution in [0.2, 0.25) is 0 Å². The number of para-hydroxylation sites is 2. The zero-order valence-electron chi connectivity index (χ0n) is 13.7. The zero-order chi connectivity index (χ0) is 18.7. The SMILES string of the molecule is CC(=NOCc1ccc([N+](=O)[O-])cc1)c1nc2ccccc2n1C(F)F. The van der Waals surface area contributed by atoms with E-state index < -0.39 is 11.5 Å². The average molecular weight is 360 g/mol. The molecule has 0 N–H and O–H groups in total. The molecule has 134 valence electrons. The summed E-state index contributed by atoms with van der Waals surface area (Å²) in [4.78, 5) is 19.5. The summed E-state index contributed by atoms with van der Waals surface area (Å²) in [6, 6.07) is 12.4. The third-order valence-corrected chi connectivity index (χ3v) is 3.69. The predicted molar refractivity (Wildman–Crippen MR) is 91.1 cm³/mol. The molecule has 0 aliphatic carbocycles. The van der Waals surface area contributed by atoms with Gasteiger partial charge in [0, 0.05) is 12.1 Å². The molecule has 0 amide bonds. The highest BCUT2D eigenvalue weighted by Crippen LogP contribution is 2.23. The van der Waals surface area contributed by atoms with E-state index in [9.17, 15) is 18.9 Å². The van der Waals surface area contributed by atoms with Crippen molar-refractivity contribution >= 4 is 22.4 Å². The van der Waals surface area contributed by atoms with Gasteiger partial charge in [-0.1, -0.05) is 17.3 Å². The molecule has 0 spiro atoms. The number of nitro groups is 1. The van der Waals surface area contributed by atoms with Crippen LogP contribution in [0.25, 0.3) is 11.0 Å². The van der Waals surface area contributed by atoms with Crippen molar-refractivity contribution in [3.63, 3.8) is 0 Å². The molecule has 26 heavy (non-hydrogen) atoms. The maximum Gasteiger partial charge on any atom is 0.320 e. The number of aromatic nitrogens is 2. The third-order valence-electron chi connectivity index (χ3n) is 3.69. The number of fused-ring (bicyclic) bond motifs is 1. The van der Waals surface area contributed by atoms with Crippen LogP contribution in [0.3, 0.4) is 0 Å². The molecule has 0 saturated carbocycles. The molecule has 0 aliphatic heterocycles. The highest BCUT2D eigenvalue weighted by Gasteiger charge is 2.19. The molecule has 0 aliphatic rings. The van der Waals surface area contributed by atoms with Gasteiger partial charge in [0.15, 0.2) is 5.82 Å². The Labute approximate surface area is 146 Å². The summed E-state index contributed by atoms with van der Waals surface area (Å²) in [5.74, 6) is 0.0184. The summed E-state index contributed by atoms with van der Waals surface area (Å²) in [5, 5.41) is 14.5. The number of benzene rings is 2. The summed E-state index contributed by atoms with van der Waals surface area (Å²) < 4.78 is 27.6. The van der Waals surface area contributed by atoms with Crippen molar-refractivity contribution in [1.29, 1.82) is 0 Å². The number of alkyl halides is 2. The van der Waals surface area contributed by atoms with Gasteiger partial charge >= 0.3 is 6.55 Å². The lowest BCUT2D eigenvalue weighted by molar-refractivity contribution is -0.384. The molecule has 1 heterocycles. The number of halogens is 2. The van der Waals surface area contributed by atoms with Gasteiger partial charge in [-0.05, 0) is 36.8 Å². The van der Waals surface area contributed by atoms with Crippen molar-refractivity contribution in [3.05, 3.63) is 70.0 Å². The van der Waals surface area contributed by atoms with Crippen LogP contribution in [0.5, 0.6) is 0 Å². The van der Waals surface area contributed by atoms with Crippen LogP contribution in [0.4, 0.5) is 14.5 Å². The van der Waals surface area contributed by atoms with Crippen LogP contribution < -0.4 is 0 Å². The lowest BCUT2D eigenvalue weighted by Gasteiger charge is -2.07. The fraction of sp³-hybridized carbons (Fsp3) is 0.176. The van der Waals surface area contributed by atoms with Gasteiger partial charge in [0.2, 0.25) is 0 Å². The van der Waals surface area contributed by atoms with Gasteiger partial charge in [0.05, 0.1) is 16.0 Å².